The van der Waals surface area contributed by atoms with E-state index in [9.17, 15) is 20.2 Å². The van der Waals surface area contributed by atoms with E-state index in [0.29, 0.717) is 36.3 Å². The number of Topliss-reactive ketones (excluding diaryl/α,β-unsaturated/α-hetero) is 1. The largest absolute Gasteiger partial charge is 0.496 e. The highest BCUT2D eigenvalue weighted by Gasteiger charge is 2.42. The van der Waals surface area contributed by atoms with E-state index < -0.39 is 10.8 Å². The summed E-state index contributed by atoms with van der Waals surface area (Å²) >= 11 is 1.51. The summed E-state index contributed by atoms with van der Waals surface area (Å²) in [5.74, 6) is -0.171. The lowest BCUT2D eigenvalue weighted by atomic mass is 9.78. The number of ether oxygens (including phenoxy) is 1. The van der Waals surface area contributed by atoms with Gasteiger partial charge in [-0.25, -0.2) is 0 Å². The molecule has 2 heterocycles. The van der Waals surface area contributed by atoms with E-state index in [1.807, 2.05) is 19.1 Å². The van der Waals surface area contributed by atoms with Gasteiger partial charge in [0.2, 0.25) is 0 Å². The highest BCUT2D eigenvalue weighted by Crippen LogP contribution is 2.49. The van der Waals surface area contributed by atoms with Gasteiger partial charge in [0.25, 0.3) is 5.69 Å². The first kappa shape index (κ1) is 20.6. The Labute approximate surface area is 183 Å². The van der Waals surface area contributed by atoms with Gasteiger partial charge in [-0.15, -0.1) is 11.3 Å². The Hall–Kier alpha value is -3.64. The topological polar surface area (TPSA) is 122 Å². The van der Waals surface area contributed by atoms with Crippen LogP contribution in [0.4, 0.5) is 11.4 Å². The molecule has 0 radical (unpaired) electrons. The van der Waals surface area contributed by atoms with Crippen molar-refractivity contribution >= 4 is 28.5 Å². The number of rotatable bonds is 4. The smallest absolute Gasteiger partial charge is 0.296 e. The number of hydrogen-bond acceptors (Lipinski definition) is 8. The first-order valence-electron chi connectivity index (χ1n) is 9.72. The number of carbonyl (C=O) groups is 1. The second-order valence-corrected chi connectivity index (χ2v) is 8.70. The Morgan fingerprint density at radius 2 is 2.10 bits per heavy atom. The number of allylic oxidation sites excluding steroid dienone is 3. The molecule has 0 amide bonds. The fraction of sp³-hybridized carbons (Fsp3) is 0.273. The maximum absolute atomic E-state index is 13.1. The zero-order chi connectivity index (χ0) is 22.3. The number of nitro groups is 1. The number of hydrogen-bond donors (Lipinski definition) is 1. The van der Waals surface area contributed by atoms with E-state index in [4.69, 9.17) is 10.5 Å². The third-order valence-corrected chi connectivity index (χ3v) is 6.64. The summed E-state index contributed by atoms with van der Waals surface area (Å²) in [7, 11) is 1.43. The van der Waals surface area contributed by atoms with E-state index in [2.05, 4.69) is 6.07 Å². The lowest BCUT2D eigenvalue weighted by molar-refractivity contribution is -0.384. The number of ketones is 1. The van der Waals surface area contributed by atoms with Crippen molar-refractivity contribution in [2.24, 2.45) is 5.73 Å². The average molecular weight is 436 g/mol. The number of nitrogens with two attached hydrogens (primary N) is 1. The van der Waals surface area contributed by atoms with Crippen LogP contribution in [0.1, 0.15) is 34.9 Å². The average Bonchev–Trinajstić information content (AvgIpc) is 3.18. The molecule has 1 aliphatic carbocycles. The fourth-order valence-electron chi connectivity index (χ4n) is 4.22. The minimum absolute atomic E-state index is 0.0567. The zero-order valence-electron chi connectivity index (χ0n) is 17.0. The lowest BCUT2D eigenvalue weighted by Crippen LogP contribution is -2.38. The third-order valence-electron chi connectivity index (χ3n) is 5.58. The van der Waals surface area contributed by atoms with Gasteiger partial charge in [0.1, 0.15) is 17.3 Å². The zero-order valence-corrected chi connectivity index (χ0v) is 17.9. The Bertz CT molecular complexity index is 1200. The van der Waals surface area contributed by atoms with Crippen molar-refractivity contribution in [2.45, 2.75) is 32.1 Å². The Morgan fingerprint density at radius 1 is 1.32 bits per heavy atom. The molecule has 2 aromatic rings. The van der Waals surface area contributed by atoms with Gasteiger partial charge in [-0.2, -0.15) is 5.26 Å². The molecule has 1 aromatic heterocycles. The van der Waals surface area contributed by atoms with Crippen molar-refractivity contribution in [2.75, 3.05) is 12.0 Å². The van der Waals surface area contributed by atoms with Crippen LogP contribution in [0, 0.1) is 28.4 Å². The summed E-state index contributed by atoms with van der Waals surface area (Å²) in [6.45, 7) is 1.96. The van der Waals surface area contributed by atoms with Crippen LogP contribution in [-0.2, 0) is 4.79 Å². The van der Waals surface area contributed by atoms with Crippen LogP contribution in [0.2, 0.25) is 0 Å². The van der Waals surface area contributed by atoms with Gasteiger partial charge < -0.3 is 10.5 Å². The monoisotopic (exact) mass is 436 g/mol. The lowest BCUT2D eigenvalue weighted by Gasteiger charge is -2.39. The summed E-state index contributed by atoms with van der Waals surface area (Å²) in [4.78, 5) is 27.8. The van der Waals surface area contributed by atoms with E-state index in [1.165, 1.54) is 35.5 Å². The Balaban J connectivity index is 2.00. The van der Waals surface area contributed by atoms with Crippen molar-refractivity contribution in [3.05, 3.63) is 72.9 Å². The van der Waals surface area contributed by atoms with Crippen molar-refractivity contribution in [1.82, 2.24) is 0 Å². The summed E-state index contributed by atoms with van der Waals surface area (Å²) in [6, 6.07) is 10.5. The Morgan fingerprint density at radius 3 is 2.71 bits per heavy atom. The molecule has 0 bridgehead atoms. The van der Waals surface area contributed by atoms with E-state index in [-0.39, 0.29) is 28.6 Å². The normalized spacial score (nSPS) is 18.7. The molecule has 4 rings (SSSR count). The SMILES string of the molecule is COc1ccc(N2C(N)=C(C#N)C(c3ccc(C)s3)C3=C2CCCC3=O)c([N+](=O)[O-])c1. The van der Waals surface area contributed by atoms with E-state index in [0.717, 1.165) is 9.75 Å². The number of carbonyl (C=O) groups excluding carboxylic acids is 1. The van der Waals surface area contributed by atoms with Crippen LogP contribution in [0.5, 0.6) is 5.75 Å². The molecule has 8 nitrogen and oxygen atoms in total. The molecule has 31 heavy (non-hydrogen) atoms. The van der Waals surface area contributed by atoms with E-state index >= 15 is 0 Å². The van der Waals surface area contributed by atoms with Gasteiger partial charge in [0.15, 0.2) is 5.78 Å². The van der Waals surface area contributed by atoms with Crippen molar-refractivity contribution in [1.29, 1.82) is 5.26 Å². The van der Waals surface area contributed by atoms with Gasteiger partial charge in [0.05, 0.1) is 35.7 Å². The number of aryl methyl sites for hydroxylation is 1. The van der Waals surface area contributed by atoms with Gasteiger partial charge in [0, 0.05) is 27.4 Å². The molecule has 1 atom stereocenters. The second kappa shape index (κ2) is 7.89. The molecule has 2 aliphatic rings. The molecule has 2 N–H and O–H groups in total. The number of benzene rings is 1. The first-order chi connectivity index (χ1) is 14.9. The van der Waals surface area contributed by atoms with Crippen molar-refractivity contribution in [3.63, 3.8) is 0 Å². The number of methoxy groups -OCH3 is 1. The van der Waals surface area contributed by atoms with Gasteiger partial charge in [-0.3, -0.25) is 19.8 Å². The molecule has 158 valence electrons. The third kappa shape index (κ3) is 3.35. The van der Waals surface area contributed by atoms with Crippen molar-refractivity contribution in [3.8, 4) is 11.8 Å². The van der Waals surface area contributed by atoms with Crippen LogP contribution in [0.15, 0.2) is 53.0 Å². The summed E-state index contributed by atoms with van der Waals surface area (Å²) in [6.07, 6.45) is 1.52. The molecule has 0 saturated carbocycles. The van der Waals surface area contributed by atoms with E-state index in [1.54, 1.807) is 6.07 Å². The van der Waals surface area contributed by atoms with Crippen LogP contribution in [0.3, 0.4) is 0 Å². The molecule has 0 saturated heterocycles. The van der Waals surface area contributed by atoms with Crippen molar-refractivity contribution < 1.29 is 14.5 Å². The molecule has 9 heteroatoms. The molecule has 0 spiro atoms. The standard InChI is InChI=1S/C22H20N4O4S/c1-12-6-9-19(31-12)20-14(11-23)22(24)25(16-4-3-5-18(27)21(16)20)15-8-7-13(30-2)10-17(15)26(28)29/h6-10,20H,3-5,24H2,1-2H3. The second-order valence-electron chi connectivity index (χ2n) is 7.38. The maximum atomic E-state index is 13.1. The summed E-state index contributed by atoms with van der Waals surface area (Å²) < 4.78 is 5.13. The predicted molar refractivity (Wildman–Crippen MR) is 117 cm³/mol. The van der Waals surface area contributed by atoms with Crippen LogP contribution >= 0.6 is 11.3 Å². The minimum Gasteiger partial charge on any atom is -0.496 e. The number of nitro benzene ring substituents is 1. The molecule has 1 aliphatic heterocycles. The number of anilines is 1. The summed E-state index contributed by atoms with van der Waals surface area (Å²) in [5.41, 5.74) is 7.82. The first-order valence-corrected chi connectivity index (χ1v) is 10.5. The van der Waals surface area contributed by atoms with Crippen LogP contribution in [-0.4, -0.2) is 17.8 Å². The number of nitrogens with zero attached hydrogens (tertiary/aromatic N) is 3. The van der Waals surface area contributed by atoms with Gasteiger partial charge >= 0.3 is 0 Å². The summed E-state index contributed by atoms with van der Waals surface area (Å²) in [5, 5.41) is 21.8. The van der Waals surface area contributed by atoms with Crippen LogP contribution in [0.25, 0.3) is 0 Å². The predicted octanol–water partition coefficient (Wildman–Crippen LogP) is 4.28. The van der Waals surface area contributed by atoms with Crippen LogP contribution < -0.4 is 15.4 Å². The minimum atomic E-state index is -0.556. The highest BCUT2D eigenvalue weighted by atomic mass is 32.1. The van der Waals surface area contributed by atoms with Gasteiger partial charge in [-0.1, -0.05) is 0 Å². The Kier molecular flexibility index (Phi) is 5.25. The molecule has 0 fully saturated rings. The molecule has 1 aromatic carbocycles. The maximum Gasteiger partial charge on any atom is 0.296 e. The highest BCUT2D eigenvalue weighted by molar-refractivity contribution is 7.12. The fourth-order valence-corrected chi connectivity index (χ4v) is 5.22. The molecule has 1 unspecified atom stereocenters. The molecular formula is C22H20N4O4S. The number of thiophene rings is 1. The number of nitriles is 1. The molecular weight excluding hydrogens is 416 g/mol. The quantitative estimate of drug-likeness (QED) is 0.560. The van der Waals surface area contributed by atoms with Gasteiger partial charge in [-0.05, 0) is 44.0 Å².